The fourth-order valence-electron chi connectivity index (χ4n) is 1.62. The standard InChI is InChI=1S/C13H18BrF2NO/c1-18-7-6-17-5-3-2-4-10-8-13(16)11(14)9-12(10)15/h8-9,17H,2-7H2,1H3. The summed E-state index contributed by atoms with van der Waals surface area (Å²) in [6.45, 7) is 2.37. The number of rotatable bonds is 8. The van der Waals surface area contributed by atoms with E-state index in [-0.39, 0.29) is 10.3 Å². The number of hydrogen-bond acceptors (Lipinski definition) is 2. The Morgan fingerprint density at radius 2 is 1.94 bits per heavy atom. The fraction of sp³-hybridized carbons (Fsp3) is 0.538. The lowest BCUT2D eigenvalue weighted by Gasteiger charge is -2.06. The highest BCUT2D eigenvalue weighted by Crippen LogP contribution is 2.21. The number of ether oxygens (including phenoxy) is 1. The SMILES string of the molecule is COCCNCCCCc1cc(F)c(Br)cc1F. The summed E-state index contributed by atoms with van der Waals surface area (Å²) in [6, 6.07) is 2.44. The minimum absolute atomic E-state index is 0.171. The zero-order chi connectivity index (χ0) is 13.4. The van der Waals surface area contributed by atoms with Crippen molar-refractivity contribution in [2.24, 2.45) is 0 Å². The molecule has 0 saturated carbocycles. The summed E-state index contributed by atoms with van der Waals surface area (Å²) >= 11 is 2.96. The van der Waals surface area contributed by atoms with Crippen molar-refractivity contribution in [1.82, 2.24) is 5.32 Å². The molecule has 1 aromatic carbocycles. The molecule has 1 rings (SSSR count). The maximum Gasteiger partial charge on any atom is 0.137 e. The van der Waals surface area contributed by atoms with Gasteiger partial charge in [-0.15, -0.1) is 0 Å². The number of methoxy groups -OCH3 is 1. The van der Waals surface area contributed by atoms with Crippen LogP contribution in [0.2, 0.25) is 0 Å². The van der Waals surface area contributed by atoms with Gasteiger partial charge in [0.25, 0.3) is 0 Å². The third-order valence-electron chi connectivity index (χ3n) is 2.62. The summed E-state index contributed by atoms with van der Waals surface area (Å²) < 4.78 is 31.8. The monoisotopic (exact) mass is 321 g/mol. The molecule has 2 nitrogen and oxygen atoms in total. The summed E-state index contributed by atoms with van der Waals surface area (Å²) in [7, 11) is 1.66. The van der Waals surface area contributed by atoms with Crippen molar-refractivity contribution in [2.75, 3.05) is 26.8 Å². The molecule has 102 valence electrons. The molecule has 0 heterocycles. The Labute approximate surface area is 115 Å². The summed E-state index contributed by atoms with van der Waals surface area (Å²) in [5.74, 6) is -0.764. The van der Waals surface area contributed by atoms with Gasteiger partial charge >= 0.3 is 0 Å². The molecule has 0 bridgehead atoms. The molecular weight excluding hydrogens is 304 g/mol. The molecule has 0 aliphatic rings. The van der Waals surface area contributed by atoms with Gasteiger partial charge in [0.1, 0.15) is 11.6 Å². The zero-order valence-corrected chi connectivity index (χ0v) is 12.0. The largest absolute Gasteiger partial charge is 0.383 e. The Morgan fingerprint density at radius 1 is 1.17 bits per heavy atom. The van der Waals surface area contributed by atoms with Crippen LogP contribution in [-0.4, -0.2) is 26.8 Å². The van der Waals surface area contributed by atoms with E-state index in [4.69, 9.17) is 4.74 Å². The van der Waals surface area contributed by atoms with Gasteiger partial charge in [0.05, 0.1) is 11.1 Å². The van der Waals surface area contributed by atoms with Crippen LogP contribution in [0.5, 0.6) is 0 Å². The molecule has 0 aliphatic carbocycles. The van der Waals surface area contributed by atoms with E-state index < -0.39 is 5.82 Å². The summed E-state index contributed by atoms with van der Waals surface area (Å²) in [4.78, 5) is 0. The van der Waals surface area contributed by atoms with Crippen molar-refractivity contribution in [3.8, 4) is 0 Å². The van der Waals surface area contributed by atoms with Crippen LogP contribution >= 0.6 is 15.9 Å². The first-order valence-corrected chi connectivity index (χ1v) is 6.77. The lowest BCUT2D eigenvalue weighted by atomic mass is 10.1. The van der Waals surface area contributed by atoms with E-state index in [1.165, 1.54) is 12.1 Å². The van der Waals surface area contributed by atoms with E-state index >= 15 is 0 Å². The van der Waals surface area contributed by atoms with Crippen molar-refractivity contribution in [2.45, 2.75) is 19.3 Å². The van der Waals surface area contributed by atoms with Gasteiger partial charge in [-0.2, -0.15) is 0 Å². The number of benzene rings is 1. The highest BCUT2D eigenvalue weighted by molar-refractivity contribution is 9.10. The topological polar surface area (TPSA) is 21.3 Å². The molecule has 0 amide bonds. The number of unbranched alkanes of at least 4 members (excludes halogenated alkanes) is 1. The highest BCUT2D eigenvalue weighted by atomic mass is 79.9. The van der Waals surface area contributed by atoms with Crippen molar-refractivity contribution in [1.29, 1.82) is 0 Å². The van der Waals surface area contributed by atoms with Crippen LogP contribution in [0, 0.1) is 11.6 Å². The average molecular weight is 322 g/mol. The summed E-state index contributed by atoms with van der Waals surface area (Å²) in [6.07, 6.45) is 2.32. The molecule has 0 aliphatic heterocycles. The van der Waals surface area contributed by atoms with Crippen molar-refractivity contribution < 1.29 is 13.5 Å². The molecule has 0 spiro atoms. The van der Waals surface area contributed by atoms with E-state index in [1.54, 1.807) is 7.11 Å². The van der Waals surface area contributed by atoms with Crippen LogP contribution in [0.4, 0.5) is 8.78 Å². The molecule has 18 heavy (non-hydrogen) atoms. The van der Waals surface area contributed by atoms with E-state index in [1.807, 2.05) is 0 Å². The van der Waals surface area contributed by atoms with Gasteiger partial charge in [0, 0.05) is 13.7 Å². The molecule has 1 N–H and O–H groups in total. The van der Waals surface area contributed by atoms with Crippen LogP contribution in [-0.2, 0) is 11.2 Å². The van der Waals surface area contributed by atoms with Crippen LogP contribution in [0.1, 0.15) is 18.4 Å². The van der Waals surface area contributed by atoms with Gasteiger partial charge < -0.3 is 10.1 Å². The first kappa shape index (κ1) is 15.5. The smallest absolute Gasteiger partial charge is 0.137 e. The Bertz CT molecular complexity index is 374. The first-order chi connectivity index (χ1) is 8.65. The summed E-state index contributed by atoms with van der Waals surface area (Å²) in [5.41, 5.74) is 0.438. The van der Waals surface area contributed by atoms with Crippen molar-refractivity contribution in [3.05, 3.63) is 33.8 Å². The normalized spacial score (nSPS) is 10.9. The lowest BCUT2D eigenvalue weighted by molar-refractivity contribution is 0.199. The van der Waals surface area contributed by atoms with Crippen LogP contribution < -0.4 is 5.32 Å². The second-order valence-electron chi connectivity index (χ2n) is 4.06. The maximum absolute atomic E-state index is 13.5. The van der Waals surface area contributed by atoms with Crippen LogP contribution in [0.15, 0.2) is 16.6 Å². The predicted molar refractivity (Wildman–Crippen MR) is 71.7 cm³/mol. The van der Waals surface area contributed by atoms with Gasteiger partial charge in [0.2, 0.25) is 0 Å². The number of halogens is 3. The molecular formula is C13H18BrF2NO. The number of nitrogens with one attached hydrogen (secondary N) is 1. The van der Waals surface area contributed by atoms with E-state index in [9.17, 15) is 8.78 Å². The molecule has 0 atom stereocenters. The van der Waals surface area contributed by atoms with Gasteiger partial charge in [0.15, 0.2) is 0 Å². The van der Waals surface area contributed by atoms with Gasteiger partial charge in [-0.1, -0.05) is 0 Å². The average Bonchev–Trinajstić information content (AvgIpc) is 2.34. The van der Waals surface area contributed by atoms with E-state index in [0.717, 1.165) is 25.9 Å². The molecule has 0 radical (unpaired) electrons. The minimum atomic E-state index is -0.412. The van der Waals surface area contributed by atoms with Gasteiger partial charge in [-0.25, -0.2) is 8.78 Å². The van der Waals surface area contributed by atoms with E-state index in [2.05, 4.69) is 21.2 Å². The first-order valence-electron chi connectivity index (χ1n) is 5.98. The Kier molecular flexibility index (Phi) is 7.39. The molecule has 1 aromatic rings. The Balaban J connectivity index is 2.25. The van der Waals surface area contributed by atoms with Crippen LogP contribution in [0.25, 0.3) is 0 Å². The lowest BCUT2D eigenvalue weighted by Crippen LogP contribution is -2.20. The van der Waals surface area contributed by atoms with Gasteiger partial charge in [-0.3, -0.25) is 0 Å². The Hall–Kier alpha value is -0.520. The summed E-state index contributed by atoms with van der Waals surface area (Å²) in [5, 5.41) is 3.21. The molecule has 0 unspecified atom stereocenters. The predicted octanol–water partition coefficient (Wildman–Crippen LogP) is 3.29. The molecule has 0 fully saturated rings. The fourth-order valence-corrected chi connectivity index (χ4v) is 1.94. The zero-order valence-electron chi connectivity index (χ0n) is 10.4. The Morgan fingerprint density at radius 3 is 2.67 bits per heavy atom. The van der Waals surface area contributed by atoms with Crippen molar-refractivity contribution in [3.63, 3.8) is 0 Å². The second-order valence-corrected chi connectivity index (χ2v) is 4.91. The second kappa shape index (κ2) is 8.56. The molecule has 5 heteroatoms. The molecule has 0 aromatic heterocycles. The van der Waals surface area contributed by atoms with Crippen molar-refractivity contribution >= 4 is 15.9 Å². The van der Waals surface area contributed by atoms with Gasteiger partial charge in [-0.05, 0) is 59.4 Å². The minimum Gasteiger partial charge on any atom is -0.383 e. The third-order valence-corrected chi connectivity index (χ3v) is 3.23. The number of aryl methyl sites for hydroxylation is 1. The quantitative estimate of drug-likeness (QED) is 0.586. The van der Waals surface area contributed by atoms with E-state index in [0.29, 0.717) is 18.6 Å². The maximum atomic E-state index is 13.5. The van der Waals surface area contributed by atoms with Crippen LogP contribution in [0.3, 0.4) is 0 Å². The third kappa shape index (κ3) is 5.42. The molecule has 0 saturated heterocycles. The number of hydrogen-bond donors (Lipinski definition) is 1. The highest BCUT2D eigenvalue weighted by Gasteiger charge is 2.07.